The van der Waals surface area contributed by atoms with Gasteiger partial charge in [-0.1, -0.05) is 18.2 Å². The zero-order valence-corrected chi connectivity index (χ0v) is 11.2. The fraction of sp³-hybridized carbons (Fsp3) is 0.214. The number of hydrogen-bond acceptors (Lipinski definition) is 3. The van der Waals surface area contributed by atoms with Crippen LogP contribution in [0.3, 0.4) is 0 Å². The molecule has 1 rings (SSSR count). The van der Waals surface area contributed by atoms with Crippen molar-refractivity contribution in [1.82, 2.24) is 0 Å². The Hall–Kier alpha value is -1.68. The molecule has 3 nitrogen and oxygen atoms in total. The number of carboxylic acid groups (broad SMARTS) is 1. The maximum atomic E-state index is 11.4. The van der Waals surface area contributed by atoms with Gasteiger partial charge in [0.15, 0.2) is 0 Å². The summed E-state index contributed by atoms with van der Waals surface area (Å²) < 4.78 is 0. The predicted molar refractivity (Wildman–Crippen MR) is 77.8 cm³/mol. The Labute approximate surface area is 112 Å². The van der Waals surface area contributed by atoms with Crippen LogP contribution in [-0.4, -0.2) is 30.4 Å². The van der Waals surface area contributed by atoms with E-state index in [1.54, 1.807) is 12.2 Å². The number of nitrogens with zero attached hydrogens (tertiary/aromatic N) is 1. The second-order valence-corrected chi connectivity index (χ2v) is 4.49. The Kier molecular flexibility index (Phi) is 5.52. The fourth-order valence-electron chi connectivity index (χ4n) is 1.75. The lowest BCUT2D eigenvalue weighted by Gasteiger charge is -2.24. The van der Waals surface area contributed by atoms with E-state index in [0.717, 1.165) is 4.90 Å². The molecule has 0 aliphatic carbocycles. The van der Waals surface area contributed by atoms with E-state index in [2.05, 4.69) is 13.2 Å². The van der Waals surface area contributed by atoms with E-state index < -0.39 is 5.97 Å². The topological polar surface area (TPSA) is 40.5 Å². The van der Waals surface area contributed by atoms with Crippen molar-refractivity contribution in [2.45, 2.75) is 4.90 Å². The predicted octanol–water partition coefficient (Wildman–Crippen LogP) is 3.29. The second-order valence-electron chi connectivity index (χ2n) is 3.64. The average Bonchev–Trinajstić information content (AvgIpc) is 2.37. The number of carbonyl (C=O) groups is 1. The van der Waals surface area contributed by atoms with Crippen LogP contribution in [0.25, 0.3) is 0 Å². The first-order valence-corrected chi connectivity index (χ1v) is 6.75. The smallest absolute Gasteiger partial charge is 0.338 e. The third kappa shape index (κ3) is 3.17. The van der Waals surface area contributed by atoms with Gasteiger partial charge in [0.25, 0.3) is 0 Å². The number of thioether (sulfide) groups is 1. The van der Waals surface area contributed by atoms with E-state index in [4.69, 9.17) is 0 Å². The highest BCUT2D eigenvalue weighted by atomic mass is 32.2. The molecule has 0 aliphatic heterocycles. The Bertz CT molecular complexity index is 447. The third-order valence-corrected chi connectivity index (χ3v) is 3.26. The summed E-state index contributed by atoms with van der Waals surface area (Å²) >= 11 is 1.43. The first-order chi connectivity index (χ1) is 8.65. The van der Waals surface area contributed by atoms with Crippen molar-refractivity contribution in [2.24, 2.45) is 0 Å². The van der Waals surface area contributed by atoms with Crippen molar-refractivity contribution in [3.05, 3.63) is 49.1 Å². The maximum absolute atomic E-state index is 11.4. The molecular formula is C14H17NO2S. The Morgan fingerprint density at radius 3 is 2.44 bits per heavy atom. The molecule has 0 saturated heterocycles. The standard InChI is InChI=1S/C14H17NO2S/c1-4-9-15(10-5-2)11-7-6-8-12(18-3)13(11)14(16)17/h4-8H,1-2,9-10H2,3H3,(H,16,17). The first kappa shape index (κ1) is 14.4. The number of benzene rings is 1. The molecule has 0 atom stereocenters. The highest BCUT2D eigenvalue weighted by molar-refractivity contribution is 7.98. The van der Waals surface area contributed by atoms with Gasteiger partial charge in [-0.05, 0) is 18.4 Å². The first-order valence-electron chi connectivity index (χ1n) is 5.52. The molecule has 0 saturated carbocycles. The van der Waals surface area contributed by atoms with Crippen LogP contribution in [0.2, 0.25) is 0 Å². The zero-order valence-electron chi connectivity index (χ0n) is 10.4. The van der Waals surface area contributed by atoms with Crippen molar-refractivity contribution in [3.8, 4) is 0 Å². The van der Waals surface area contributed by atoms with Gasteiger partial charge in [0.1, 0.15) is 0 Å². The van der Waals surface area contributed by atoms with Gasteiger partial charge in [0, 0.05) is 18.0 Å². The van der Waals surface area contributed by atoms with Gasteiger partial charge in [0.05, 0.1) is 11.3 Å². The van der Waals surface area contributed by atoms with Gasteiger partial charge in [0.2, 0.25) is 0 Å². The minimum absolute atomic E-state index is 0.341. The van der Waals surface area contributed by atoms with Crippen molar-refractivity contribution in [3.63, 3.8) is 0 Å². The number of hydrogen-bond donors (Lipinski definition) is 1. The molecule has 96 valence electrons. The zero-order chi connectivity index (χ0) is 13.5. The molecule has 0 amide bonds. The largest absolute Gasteiger partial charge is 0.478 e. The Morgan fingerprint density at radius 1 is 1.39 bits per heavy atom. The van der Waals surface area contributed by atoms with E-state index in [0.29, 0.717) is 24.3 Å². The van der Waals surface area contributed by atoms with Gasteiger partial charge >= 0.3 is 5.97 Å². The van der Waals surface area contributed by atoms with Crippen LogP contribution >= 0.6 is 11.8 Å². The van der Waals surface area contributed by atoms with E-state index in [1.165, 1.54) is 11.8 Å². The van der Waals surface area contributed by atoms with Crippen molar-refractivity contribution in [2.75, 3.05) is 24.2 Å². The lowest BCUT2D eigenvalue weighted by atomic mass is 10.1. The second kappa shape index (κ2) is 6.91. The molecule has 1 aromatic rings. The van der Waals surface area contributed by atoms with Gasteiger partial charge in [-0.15, -0.1) is 24.9 Å². The van der Waals surface area contributed by atoms with Crippen molar-refractivity contribution < 1.29 is 9.90 Å². The minimum Gasteiger partial charge on any atom is -0.478 e. The lowest BCUT2D eigenvalue weighted by molar-refractivity contribution is 0.0694. The molecule has 0 radical (unpaired) electrons. The Morgan fingerprint density at radius 2 is 2.00 bits per heavy atom. The van der Waals surface area contributed by atoms with Crippen molar-refractivity contribution in [1.29, 1.82) is 0 Å². The highest BCUT2D eigenvalue weighted by Gasteiger charge is 2.18. The summed E-state index contributed by atoms with van der Waals surface area (Å²) in [5, 5.41) is 9.37. The summed E-state index contributed by atoms with van der Waals surface area (Å²) in [6, 6.07) is 5.50. The van der Waals surface area contributed by atoms with E-state index in [9.17, 15) is 9.90 Å². The Balaban J connectivity index is 3.31. The van der Waals surface area contributed by atoms with Gasteiger partial charge < -0.3 is 10.0 Å². The van der Waals surface area contributed by atoms with Gasteiger partial charge in [-0.2, -0.15) is 0 Å². The van der Waals surface area contributed by atoms with Crippen LogP contribution in [0.4, 0.5) is 5.69 Å². The van der Waals surface area contributed by atoms with Crippen LogP contribution in [0.1, 0.15) is 10.4 Å². The summed E-state index contributed by atoms with van der Waals surface area (Å²) in [6.07, 6.45) is 5.37. The van der Waals surface area contributed by atoms with Crippen LogP contribution in [0.15, 0.2) is 48.4 Å². The number of carboxylic acids is 1. The summed E-state index contributed by atoms with van der Waals surface area (Å²) in [5.74, 6) is -0.909. The molecular weight excluding hydrogens is 246 g/mol. The molecule has 0 unspecified atom stereocenters. The van der Waals surface area contributed by atoms with Gasteiger partial charge in [-0.3, -0.25) is 0 Å². The molecule has 0 spiro atoms. The summed E-state index contributed by atoms with van der Waals surface area (Å²) in [7, 11) is 0. The van der Waals surface area contributed by atoms with Crippen LogP contribution in [0.5, 0.6) is 0 Å². The van der Waals surface area contributed by atoms with E-state index >= 15 is 0 Å². The SMILES string of the molecule is C=CCN(CC=C)c1cccc(SC)c1C(=O)O. The molecule has 1 aromatic carbocycles. The summed E-state index contributed by atoms with van der Waals surface area (Å²) in [4.78, 5) is 14.1. The quantitative estimate of drug-likeness (QED) is 0.605. The average molecular weight is 263 g/mol. The number of anilines is 1. The number of aromatic carboxylic acids is 1. The maximum Gasteiger partial charge on any atom is 0.338 e. The molecule has 0 aliphatic rings. The molecule has 1 N–H and O–H groups in total. The molecule has 0 bridgehead atoms. The van der Waals surface area contributed by atoms with Crippen LogP contribution in [-0.2, 0) is 0 Å². The number of rotatable bonds is 7. The summed E-state index contributed by atoms with van der Waals surface area (Å²) in [6.45, 7) is 8.57. The van der Waals surface area contributed by atoms with Crippen LogP contribution < -0.4 is 4.90 Å². The third-order valence-electron chi connectivity index (χ3n) is 2.48. The lowest BCUT2D eigenvalue weighted by Crippen LogP contribution is -2.25. The van der Waals surface area contributed by atoms with Crippen molar-refractivity contribution >= 4 is 23.4 Å². The van der Waals surface area contributed by atoms with Gasteiger partial charge in [-0.25, -0.2) is 4.79 Å². The van der Waals surface area contributed by atoms with E-state index in [-0.39, 0.29) is 0 Å². The van der Waals surface area contributed by atoms with E-state index in [1.807, 2.05) is 29.4 Å². The molecule has 0 heterocycles. The molecule has 18 heavy (non-hydrogen) atoms. The monoisotopic (exact) mass is 263 g/mol. The highest BCUT2D eigenvalue weighted by Crippen LogP contribution is 2.29. The molecule has 0 aromatic heterocycles. The normalized spacial score (nSPS) is 9.83. The minimum atomic E-state index is -0.909. The van der Waals surface area contributed by atoms with Crippen LogP contribution in [0, 0.1) is 0 Å². The summed E-state index contributed by atoms with van der Waals surface area (Å²) in [5.41, 5.74) is 1.04. The molecule has 4 heteroatoms. The molecule has 0 fully saturated rings. The fourth-order valence-corrected chi connectivity index (χ4v) is 2.36.